The SMILES string of the molecule is CCCCCCCCCCCc1ccc(-c2ccccc2C(=O)O)c(C(=O)O)c1. The number of aromatic carboxylic acids is 2. The van der Waals surface area contributed by atoms with Crippen molar-refractivity contribution < 1.29 is 19.8 Å². The van der Waals surface area contributed by atoms with Crippen LogP contribution in [0.15, 0.2) is 42.5 Å². The molecule has 2 aromatic carbocycles. The van der Waals surface area contributed by atoms with E-state index in [9.17, 15) is 19.8 Å². The number of unbranched alkanes of at least 4 members (excludes halogenated alkanes) is 8. The Kier molecular flexibility index (Phi) is 9.42. The fourth-order valence-electron chi connectivity index (χ4n) is 3.70. The Balaban J connectivity index is 1.97. The number of carbonyl (C=O) groups is 2. The third kappa shape index (κ3) is 7.04. The highest BCUT2D eigenvalue weighted by atomic mass is 16.4. The standard InChI is InChI=1S/C25H32O4/c1-2-3-4-5-6-7-8-9-10-13-19-16-17-21(23(18-19)25(28)29)20-14-11-12-15-22(20)24(26)27/h11-12,14-18H,2-10,13H2,1H3,(H,26,27)(H,28,29). The molecule has 4 heteroatoms. The van der Waals surface area contributed by atoms with Crippen molar-refractivity contribution in [2.75, 3.05) is 0 Å². The second kappa shape index (κ2) is 12.1. The summed E-state index contributed by atoms with van der Waals surface area (Å²) in [5.74, 6) is -2.09. The van der Waals surface area contributed by atoms with E-state index in [1.54, 1.807) is 30.3 Å². The van der Waals surface area contributed by atoms with Crippen molar-refractivity contribution >= 4 is 11.9 Å². The topological polar surface area (TPSA) is 74.6 Å². The van der Waals surface area contributed by atoms with Crippen LogP contribution in [0.5, 0.6) is 0 Å². The molecule has 0 unspecified atom stereocenters. The maximum absolute atomic E-state index is 11.8. The van der Waals surface area contributed by atoms with Gasteiger partial charge in [0.25, 0.3) is 0 Å². The van der Waals surface area contributed by atoms with Crippen LogP contribution < -0.4 is 0 Å². The molecule has 0 bridgehead atoms. The number of hydrogen-bond donors (Lipinski definition) is 2. The monoisotopic (exact) mass is 396 g/mol. The quantitative estimate of drug-likeness (QED) is 0.364. The molecule has 0 aliphatic heterocycles. The van der Waals surface area contributed by atoms with Crippen LogP contribution in [0.2, 0.25) is 0 Å². The van der Waals surface area contributed by atoms with E-state index in [-0.39, 0.29) is 11.1 Å². The van der Waals surface area contributed by atoms with Crippen LogP contribution in [0.1, 0.15) is 91.0 Å². The predicted octanol–water partition coefficient (Wildman–Crippen LogP) is 6.82. The lowest BCUT2D eigenvalue weighted by Crippen LogP contribution is -2.05. The summed E-state index contributed by atoms with van der Waals surface area (Å²) in [5.41, 5.74) is 2.15. The van der Waals surface area contributed by atoms with Gasteiger partial charge in [-0.1, -0.05) is 88.6 Å². The third-order valence-electron chi connectivity index (χ3n) is 5.33. The zero-order valence-corrected chi connectivity index (χ0v) is 17.3. The van der Waals surface area contributed by atoms with Gasteiger partial charge in [-0.25, -0.2) is 9.59 Å². The van der Waals surface area contributed by atoms with Gasteiger partial charge in [0.05, 0.1) is 11.1 Å². The minimum Gasteiger partial charge on any atom is -0.478 e. The van der Waals surface area contributed by atoms with Crippen LogP contribution in [0.4, 0.5) is 0 Å². The van der Waals surface area contributed by atoms with Gasteiger partial charge in [0.1, 0.15) is 0 Å². The first-order chi connectivity index (χ1) is 14.0. The average Bonchev–Trinajstić information content (AvgIpc) is 2.72. The molecule has 0 aliphatic rings. The Hall–Kier alpha value is -2.62. The average molecular weight is 397 g/mol. The van der Waals surface area contributed by atoms with Crippen LogP contribution in [0.25, 0.3) is 11.1 Å². The Morgan fingerprint density at radius 1 is 0.690 bits per heavy atom. The zero-order valence-electron chi connectivity index (χ0n) is 17.3. The van der Waals surface area contributed by atoms with Crippen molar-refractivity contribution in [3.8, 4) is 11.1 Å². The summed E-state index contributed by atoms with van der Waals surface area (Å²) in [7, 11) is 0. The normalized spacial score (nSPS) is 10.8. The highest BCUT2D eigenvalue weighted by Crippen LogP contribution is 2.29. The highest BCUT2D eigenvalue weighted by Gasteiger charge is 2.17. The van der Waals surface area contributed by atoms with Gasteiger partial charge in [-0.2, -0.15) is 0 Å². The molecule has 0 fully saturated rings. The number of aryl methyl sites for hydroxylation is 1. The van der Waals surface area contributed by atoms with Crippen LogP contribution in [0.3, 0.4) is 0 Å². The van der Waals surface area contributed by atoms with E-state index in [4.69, 9.17) is 0 Å². The van der Waals surface area contributed by atoms with E-state index >= 15 is 0 Å². The summed E-state index contributed by atoms with van der Waals surface area (Å²) in [6.45, 7) is 2.23. The van der Waals surface area contributed by atoms with E-state index in [1.807, 2.05) is 6.07 Å². The van der Waals surface area contributed by atoms with Crippen molar-refractivity contribution in [2.45, 2.75) is 71.1 Å². The summed E-state index contributed by atoms with van der Waals surface area (Å²) in [6, 6.07) is 11.9. The molecule has 0 radical (unpaired) electrons. The molecule has 156 valence electrons. The number of benzene rings is 2. The van der Waals surface area contributed by atoms with Gasteiger partial charge in [-0.3, -0.25) is 0 Å². The second-order valence-electron chi connectivity index (χ2n) is 7.61. The first-order valence-corrected chi connectivity index (χ1v) is 10.7. The smallest absolute Gasteiger partial charge is 0.336 e. The van der Waals surface area contributed by atoms with E-state index in [0.29, 0.717) is 11.1 Å². The summed E-state index contributed by atoms with van der Waals surface area (Å²) >= 11 is 0. The summed E-state index contributed by atoms with van der Waals surface area (Å²) in [5, 5.41) is 19.1. The molecule has 4 nitrogen and oxygen atoms in total. The van der Waals surface area contributed by atoms with Gasteiger partial charge in [-0.15, -0.1) is 0 Å². The fourth-order valence-corrected chi connectivity index (χ4v) is 3.70. The second-order valence-corrected chi connectivity index (χ2v) is 7.61. The lowest BCUT2D eigenvalue weighted by Gasteiger charge is -2.11. The van der Waals surface area contributed by atoms with E-state index < -0.39 is 11.9 Å². The van der Waals surface area contributed by atoms with Gasteiger partial charge < -0.3 is 10.2 Å². The summed E-state index contributed by atoms with van der Waals surface area (Å²) in [4.78, 5) is 23.3. The van der Waals surface area contributed by atoms with Gasteiger partial charge in [0.15, 0.2) is 0 Å². The molecule has 0 heterocycles. The minimum absolute atomic E-state index is 0.113. The largest absolute Gasteiger partial charge is 0.478 e. The first kappa shape index (κ1) is 22.7. The van der Waals surface area contributed by atoms with Crippen LogP contribution >= 0.6 is 0 Å². The van der Waals surface area contributed by atoms with Crippen molar-refractivity contribution in [1.29, 1.82) is 0 Å². The molecule has 2 N–H and O–H groups in total. The van der Waals surface area contributed by atoms with Gasteiger partial charge in [-0.05, 0) is 41.7 Å². The Labute approximate surface area is 173 Å². The Morgan fingerprint density at radius 2 is 1.24 bits per heavy atom. The third-order valence-corrected chi connectivity index (χ3v) is 5.33. The van der Waals surface area contributed by atoms with Gasteiger partial charge in [0.2, 0.25) is 0 Å². The van der Waals surface area contributed by atoms with E-state index in [0.717, 1.165) is 24.8 Å². The van der Waals surface area contributed by atoms with E-state index in [2.05, 4.69) is 6.92 Å². The minimum atomic E-state index is -1.06. The molecule has 2 rings (SSSR count). The molecule has 0 spiro atoms. The molecule has 29 heavy (non-hydrogen) atoms. The number of carboxylic acid groups (broad SMARTS) is 2. The number of carboxylic acids is 2. The molecule has 2 aromatic rings. The molecule has 0 amide bonds. The van der Waals surface area contributed by atoms with Crippen molar-refractivity contribution in [1.82, 2.24) is 0 Å². The maximum atomic E-state index is 11.8. The molecule has 0 aromatic heterocycles. The zero-order chi connectivity index (χ0) is 21.1. The van der Waals surface area contributed by atoms with Gasteiger partial charge in [0, 0.05) is 0 Å². The van der Waals surface area contributed by atoms with Crippen LogP contribution in [-0.2, 0) is 6.42 Å². The lowest BCUT2D eigenvalue weighted by molar-refractivity contribution is 0.0684. The van der Waals surface area contributed by atoms with Crippen molar-refractivity contribution in [2.24, 2.45) is 0 Å². The van der Waals surface area contributed by atoms with Crippen molar-refractivity contribution in [3.63, 3.8) is 0 Å². The molecular weight excluding hydrogens is 364 g/mol. The maximum Gasteiger partial charge on any atom is 0.336 e. The highest BCUT2D eigenvalue weighted by molar-refractivity contribution is 6.02. The fraction of sp³-hybridized carbons (Fsp3) is 0.440. The lowest BCUT2D eigenvalue weighted by atomic mass is 9.92. The first-order valence-electron chi connectivity index (χ1n) is 10.7. The molecule has 0 atom stereocenters. The molecule has 0 saturated heterocycles. The van der Waals surface area contributed by atoms with E-state index in [1.165, 1.54) is 51.0 Å². The van der Waals surface area contributed by atoms with Crippen LogP contribution in [-0.4, -0.2) is 22.2 Å². The molecule has 0 saturated carbocycles. The van der Waals surface area contributed by atoms with Crippen molar-refractivity contribution in [3.05, 3.63) is 59.2 Å². The molecular formula is C25H32O4. The Bertz CT molecular complexity index is 810. The van der Waals surface area contributed by atoms with Gasteiger partial charge >= 0.3 is 11.9 Å². The predicted molar refractivity (Wildman–Crippen MR) is 117 cm³/mol. The summed E-state index contributed by atoms with van der Waals surface area (Å²) < 4.78 is 0. The molecule has 0 aliphatic carbocycles. The number of rotatable bonds is 13. The Morgan fingerprint density at radius 3 is 1.86 bits per heavy atom. The summed E-state index contributed by atoms with van der Waals surface area (Å²) in [6.07, 6.45) is 12.1. The number of hydrogen-bond acceptors (Lipinski definition) is 2. The van der Waals surface area contributed by atoms with Crippen LogP contribution in [0, 0.1) is 0 Å².